The fourth-order valence-electron chi connectivity index (χ4n) is 2.49. The molecule has 0 spiro atoms. The third kappa shape index (κ3) is 6.92. The minimum absolute atomic E-state index is 0.196. The molecule has 1 saturated heterocycles. The molecule has 0 bridgehead atoms. The van der Waals surface area contributed by atoms with Crippen molar-refractivity contribution in [2.24, 2.45) is 0 Å². The Kier molecular flexibility index (Phi) is 9.28. The highest BCUT2D eigenvalue weighted by Gasteiger charge is 2.12. The van der Waals surface area contributed by atoms with Gasteiger partial charge in [-0.1, -0.05) is 13.8 Å². The van der Waals surface area contributed by atoms with Crippen molar-refractivity contribution in [1.82, 2.24) is 20.4 Å². The predicted molar refractivity (Wildman–Crippen MR) is 88.2 cm³/mol. The fourth-order valence-corrected chi connectivity index (χ4v) is 2.49. The van der Waals surface area contributed by atoms with Gasteiger partial charge < -0.3 is 15.5 Å². The van der Waals surface area contributed by atoms with Gasteiger partial charge in [-0.2, -0.15) is 5.26 Å². The summed E-state index contributed by atoms with van der Waals surface area (Å²) in [5, 5.41) is 15.4. The lowest BCUT2D eigenvalue weighted by Gasteiger charge is -2.27. The van der Waals surface area contributed by atoms with Crippen LogP contribution >= 0.6 is 0 Å². The van der Waals surface area contributed by atoms with E-state index in [4.69, 9.17) is 0 Å². The van der Waals surface area contributed by atoms with Gasteiger partial charge in [0.2, 0.25) is 0 Å². The van der Waals surface area contributed by atoms with Crippen molar-refractivity contribution >= 4 is 5.91 Å². The molecule has 0 aromatic rings. The number of carbonyl (C=O) groups is 1. The molecule has 1 amide bonds. The van der Waals surface area contributed by atoms with Crippen LogP contribution in [-0.2, 0) is 4.79 Å². The van der Waals surface area contributed by atoms with Gasteiger partial charge in [0.15, 0.2) is 0 Å². The van der Waals surface area contributed by atoms with E-state index in [1.807, 2.05) is 6.07 Å². The summed E-state index contributed by atoms with van der Waals surface area (Å²) in [7, 11) is 0. The quantitative estimate of drug-likeness (QED) is 0.480. The summed E-state index contributed by atoms with van der Waals surface area (Å²) in [6.07, 6.45) is 3.70. The number of hydrogen-bond acceptors (Lipinski definition) is 5. The van der Waals surface area contributed by atoms with Crippen molar-refractivity contribution in [2.75, 3.05) is 52.4 Å². The topological polar surface area (TPSA) is 71.4 Å². The van der Waals surface area contributed by atoms with Crippen molar-refractivity contribution in [1.29, 1.82) is 5.26 Å². The maximum absolute atomic E-state index is 12.1. The molecule has 0 saturated carbocycles. The number of nitrogens with zero attached hydrogens (tertiary/aromatic N) is 3. The number of rotatable bonds is 9. The van der Waals surface area contributed by atoms with Gasteiger partial charge in [-0.25, -0.2) is 0 Å². The summed E-state index contributed by atoms with van der Waals surface area (Å²) in [5.41, 5.74) is 0.196. The zero-order valence-electron chi connectivity index (χ0n) is 13.9. The van der Waals surface area contributed by atoms with Crippen LogP contribution in [0.3, 0.4) is 0 Å². The summed E-state index contributed by atoms with van der Waals surface area (Å²) in [5.74, 6) is -0.269. The monoisotopic (exact) mass is 307 g/mol. The molecule has 0 atom stereocenters. The van der Waals surface area contributed by atoms with E-state index >= 15 is 0 Å². The zero-order chi connectivity index (χ0) is 16.2. The van der Waals surface area contributed by atoms with Crippen molar-refractivity contribution in [3.63, 3.8) is 0 Å². The zero-order valence-corrected chi connectivity index (χ0v) is 13.9. The molecule has 0 unspecified atom stereocenters. The molecule has 0 aliphatic carbocycles. The molecule has 0 radical (unpaired) electrons. The van der Waals surface area contributed by atoms with Crippen LogP contribution in [-0.4, -0.2) is 68.1 Å². The van der Waals surface area contributed by atoms with E-state index in [2.05, 4.69) is 34.3 Å². The highest BCUT2D eigenvalue weighted by Crippen LogP contribution is 2.01. The minimum Gasteiger partial charge on any atom is -0.376 e. The van der Waals surface area contributed by atoms with Gasteiger partial charge >= 0.3 is 0 Å². The Morgan fingerprint density at radius 1 is 1.32 bits per heavy atom. The van der Waals surface area contributed by atoms with Gasteiger partial charge in [0.1, 0.15) is 11.6 Å². The average molecular weight is 307 g/mol. The molecule has 1 fully saturated rings. The first-order valence-electron chi connectivity index (χ1n) is 8.28. The minimum atomic E-state index is -0.269. The van der Waals surface area contributed by atoms with Gasteiger partial charge in [0, 0.05) is 58.6 Å². The van der Waals surface area contributed by atoms with E-state index in [9.17, 15) is 10.1 Å². The van der Waals surface area contributed by atoms with Gasteiger partial charge in [-0.3, -0.25) is 9.69 Å². The number of nitrogens with one attached hydrogen (secondary N) is 2. The van der Waals surface area contributed by atoms with E-state index in [-0.39, 0.29) is 11.5 Å². The Hall–Kier alpha value is -1.58. The molecular formula is C16H29N5O. The van der Waals surface area contributed by atoms with Gasteiger partial charge in [0.05, 0.1) is 0 Å². The maximum Gasteiger partial charge on any atom is 0.263 e. The van der Waals surface area contributed by atoms with Gasteiger partial charge in [-0.15, -0.1) is 0 Å². The lowest BCUT2D eigenvalue weighted by molar-refractivity contribution is -0.117. The Labute approximate surface area is 134 Å². The molecule has 0 aromatic carbocycles. The van der Waals surface area contributed by atoms with Crippen molar-refractivity contribution in [3.05, 3.63) is 11.8 Å². The highest BCUT2D eigenvalue weighted by molar-refractivity contribution is 5.97. The number of hydrogen-bond donors (Lipinski definition) is 2. The third-order valence-corrected chi connectivity index (χ3v) is 3.62. The second-order valence-corrected chi connectivity index (χ2v) is 5.54. The fraction of sp³-hybridized carbons (Fsp3) is 0.750. The number of carbonyl (C=O) groups excluding carboxylic acids is 1. The average Bonchev–Trinajstić information content (AvgIpc) is 2.53. The molecule has 6 nitrogen and oxygen atoms in total. The molecule has 124 valence electrons. The summed E-state index contributed by atoms with van der Waals surface area (Å²) in [4.78, 5) is 16.5. The van der Waals surface area contributed by atoms with Crippen LogP contribution in [0.15, 0.2) is 11.8 Å². The molecule has 22 heavy (non-hydrogen) atoms. The van der Waals surface area contributed by atoms with E-state index in [1.165, 1.54) is 0 Å². The Balaban J connectivity index is 2.43. The summed E-state index contributed by atoms with van der Waals surface area (Å²) in [6.45, 7) is 11.4. The highest BCUT2D eigenvalue weighted by atomic mass is 16.1. The first kappa shape index (κ1) is 18.5. The maximum atomic E-state index is 12.1. The third-order valence-electron chi connectivity index (χ3n) is 3.62. The molecule has 0 aromatic heterocycles. The summed E-state index contributed by atoms with van der Waals surface area (Å²) >= 11 is 0. The van der Waals surface area contributed by atoms with Crippen LogP contribution in [0, 0.1) is 11.3 Å². The van der Waals surface area contributed by atoms with E-state index in [1.54, 1.807) is 6.20 Å². The largest absolute Gasteiger partial charge is 0.376 e. The van der Waals surface area contributed by atoms with Crippen LogP contribution in [0.25, 0.3) is 0 Å². The first-order chi connectivity index (χ1) is 10.7. The lowest BCUT2D eigenvalue weighted by atomic mass is 10.2. The van der Waals surface area contributed by atoms with E-state index in [0.29, 0.717) is 6.54 Å². The summed E-state index contributed by atoms with van der Waals surface area (Å²) < 4.78 is 0. The van der Waals surface area contributed by atoms with Crippen LogP contribution < -0.4 is 10.6 Å². The molecule has 1 aliphatic heterocycles. The second kappa shape index (κ2) is 11.0. The molecule has 2 N–H and O–H groups in total. The summed E-state index contributed by atoms with van der Waals surface area (Å²) in [6, 6.07) is 2.02. The number of amides is 1. The predicted octanol–water partition coefficient (Wildman–Crippen LogP) is 0.537. The molecular weight excluding hydrogens is 278 g/mol. The normalized spacial score (nSPS) is 16.1. The van der Waals surface area contributed by atoms with E-state index < -0.39 is 0 Å². The van der Waals surface area contributed by atoms with Crippen molar-refractivity contribution in [3.8, 4) is 6.07 Å². The Bertz CT molecular complexity index is 390. The smallest absolute Gasteiger partial charge is 0.263 e. The molecule has 1 rings (SSSR count). The molecule has 1 heterocycles. The number of nitriles is 1. The van der Waals surface area contributed by atoms with Crippen LogP contribution in [0.1, 0.15) is 26.7 Å². The molecule has 6 heteroatoms. The molecule has 1 aliphatic rings. The van der Waals surface area contributed by atoms with Crippen LogP contribution in [0.5, 0.6) is 0 Å². The second-order valence-electron chi connectivity index (χ2n) is 5.54. The van der Waals surface area contributed by atoms with Gasteiger partial charge in [0.25, 0.3) is 5.91 Å². The first-order valence-corrected chi connectivity index (χ1v) is 8.28. The van der Waals surface area contributed by atoms with Crippen molar-refractivity contribution in [2.45, 2.75) is 26.7 Å². The van der Waals surface area contributed by atoms with Crippen molar-refractivity contribution < 1.29 is 4.79 Å². The number of piperazine rings is 1. The standard InChI is InChI=1S/C16H29N5O/c1-3-8-21(9-4-2)14-15(13-17)16(22)19-7-12-20-10-5-18-6-11-20/h14,18H,3-12H2,1-2H3,(H,19,22)/b15-14-. The van der Waals surface area contributed by atoms with Gasteiger partial charge in [-0.05, 0) is 12.8 Å². The van der Waals surface area contributed by atoms with E-state index in [0.717, 1.165) is 58.7 Å². The lowest BCUT2D eigenvalue weighted by Crippen LogP contribution is -2.46. The van der Waals surface area contributed by atoms with Crippen LogP contribution in [0.4, 0.5) is 0 Å². The van der Waals surface area contributed by atoms with Crippen LogP contribution in [0.2, 0.25) is 0 Å². The SMILES string of the molecule is CCCN(/C=C(/C#N)C(=O)NCCN1CCNCC1)CCC. The Morgan fingerprint density at radius 2 is 1.95 bits per heavy atom. The Morgan fingerprint density at radius 3 is 2.50 bits per heavy atom.